The molecule has 0 fully saturated rings. The summed E-state index contributed by atoms with van der Waals surface area (Å²) >= 11 is 0. The number of unbranched alkanes of at least 4 members (excludes halogenated alkanes) is 15. The Hall–Kier alpha value is -0.340. The molecule has 38 heavy (non-hydrogen) atoms. The van der Waals surface area contributed by atoms with Gasteiger partial charge >= 0.3 is 0 Å². The van der Waals surface area contributed by atoms with E-state index in [0.29, 0.717) is 30.7 Å². The summed E-state index contributed by atoms with van der Waals surface area (Å²) in [4.78, 5) is 22.6. The molecule has 0 spiro atoms. The van der Waals surface area contributed by atoms with Crippen LogP contribution in [0.25, 0.3) is 0 Å². The fourth-order valence-electron chi connectivity index (χ4n) is 3.98. The van der Waals surface area contributed by atoms with Crippen LogP contribution in [0.5, 0.6) is 0 Å². The minimum absolute atomic E-state index is 0.0666. The first-order valence-electron chi connectivity index (χ1n) is 15.2. The summed E-state index contributed by atoms with van der Waals surface area (Å²) in [5.41, 5.74) is 0. The highest BCUT2D eigenvalue weighted by molar-refractivity contribution is 7.45. The third-order valence-electron chi connectivity index (χ3n) is 6.45. The smallest absolute Gasteiger partial charge is 0.268 e. The van der Waals surface area contributed by atoms with E-state index in [1.54, 1.807) is 0 Å². The van der Waals surface area contributed by atoms with Crippen LogP contribution < -0.4 is 4.89 Å². The van der Waals surface area contributed by atoms with Crippen molar-refractivity contribution >= 4 is 14.1 Å². The maximum absolute atomic E-state index is 12.1. The molecule has 0 aromatic carbocycles. The van der Waals surface area contributed by atoms with Gasteiger partial charge in [0.1, 0.15) is 25.5 Å². The zero-order valence-electron chi connectivity index (χ0n) is 25.2. The predicted molar refractivity (Wildman–Crippen MR) is 153 cm³/mol. The third kappa shape index (κ3) is 28.7. The molecule has 0 aliphatic carbocycles. The van der Waals surface area contributed by atoms with Crippen LogP contribution in [0.4, 0.5) is 0 Å². The lowest BCUT2D eigenvalue weighted by atomic mass is 10.0. The Balaban J connectivity index is 3.96. The Morgan fingerprint density at radius 2 is 1.24 bits per heavy atom. The van der Waals surface area contributed by atoms with Crippen LogP contribution in [0, 0.1) is 0 Å². The Morgan fingerprint density at radius 3 is 1.76 bits per heavy atom. The van der Waals surface area contributed by atoms with E-state index in [4.69, 9.17) is 18.5 Å². The number of rotatable bonds is 30. The topological polar surface area (TPSA) is 94.1 Å². The van der Waals surface area contributed by atoms with Gasteiger partial charge in [0.25, 0.3) is 7.82 Å². The number of likely N-dealkylation sites (N-methyl/N-ethyl adjacent to an activating group) is 1. The summed E-state index contributed by atoms with van der Waals surface area (Å²) in [5.74, 6) is 0. The molecule has 228 valence electrons. The standard InChI is InChI=1S/C29H60NO7P/c1-5-6-7-8-9-10-11-12-13-14-15-16-17-20-24-34-27-29(35-25-21-18-19-23-31)28-37-38(32,33)36-26-22-30(2,3)4/h23,29H,5-22,24-28H2,1-4H3. The van der Waals surface area contributed by atoms with Gasteiger partial charge in [-0.15, -0.1) is 0 Å². The molecule has 0 aliphatic rings. The number of hydrogen-bond acceptors (Lipinski definition) is 7. The Kier molecular flexibility index (Phi) is 25.4. The van der Waals surface area contributed by atoms with Crippen molar-refractivity contribution in [1.29, 1.82) is 0 Å². The van der Waals surface area contributed by atoms with Crippen molar-refractivity contribution in [2.24, 2.45) is 0 Å². The molecule has 0 aromatic rings. The summed E-state index contributed by atoms with van der Waals surface area (Å²) in [6.07, 6.45) is 20.7. The van der Waals surface area contributed by atoms with Gasteiger partial charge in [-0.25, -0.2) is 0 Å². The summed E-state index contributed by atoms with van der Waals surface area (Å²) in [5, 5.41) is 0. The highest BCUT2D eigenvalue weighted by Gasteiger charge is 2.17. The molecule has 8 nitrogen and oxygen atoms in total. The van der Waals surface area contributed by atoms with E-state index in [9.17, 15) is 14.3 Å². The van der Waals surface area contributed by atoms with Crippen LogP contribution >= 0.6 is 7.82 Å². The Morgan fingerprint density at radius 1 is 0.711 bits per heavy atom. The number of nitrogens with zero attached hydrogens (tertiary/aromatic N) is 1. The molecule has 0 N–H and O–H groups in total. The van der Waals surface area contributed by atoms with E-state index in [0.717, 1.165) is 32.0 Å². The molecule has 0 saturated carbocycles. The van der Waals surface area contributed by atoms with E-state index in [-0.39, 0.29) is 19.8 Å². The van der Waals surface area contributed by atoms with Crippen LogP contribution in [-0.2, 0) is 27.9 Å². The van der Waals surface area contributed by atoms with E-state index >= 15 is 0 Å². The fraction of sp³-hybridized carbons (Fsp3) is 0.966. The lowest BCUT2D eigenvalue weighted by Gasteiger charge is -2.28. The zero-order valence-corrected chi connectivity index (χ0v) is 26.1. The molecule has 0 radical (unpaired) electrons. The van der Waals surface area contributed by atoms with E-state index in [1.807, 2.05) is 21.1 Å². The molecule has 0 saturated heterocycles. The summed E-state index contributed by atoms with van der Waals surface area (Å²) in [6.45, 7) is 4.06. The van der Waals surface area contributed by atoms with Gasteiger partial charge in [0.05, 0.1) is 34.4 Å². The average Bonchev–Trinajstić information content (AvgIpc) is 2.85. The number of carbonyl (C=O) groups excluding carboxylic acids is 1. The second-order valence-corrected chi connectivity index (χ2v) is 12.8. The largest absolute Gasteiger partial charge is 0.756 e. The van der Waals surface area contributed by atoms with Crippen LogP contribution in [0.3, 0.4) is 0 Å². The number of ether oxygens (including phenoxy) is 2. The van der Waals surface area contributed by atoms with E-state index in [2.05, 4.69) is 6.92 Å². The first-order chi connectivity index (χ1) is 18.2. The molecule has 0 aromatic heterocycles. The zero-order chi connectivity index (χ0) is 28.4. The van der Waals surface area contributed by atoms with Gasteiger partial charge in [0.15, 0.2) is 0 Å². The van der Waals surface area contributed by atoms with Gasteiger partial charge in [-0.1, -0.05) is 90.4 Å². The number of hydrogen-bond donors (Lipinski definition) is 0. The SMILES string of the molecule is CCCCCCCCCCCCCCCCOCC(COP(=O)([O-])OCC[N+](C)(C)C)OCCCCC=O. The van der Waals surface area contributed by atoms with Crippen molar-refractivity contribution in [2.75, 3.05) is 60.7 Å². The van der Waals surface area contributed by atoms with Crippen molar-refractivity contribution in [3.63, 3.8) is 0 Å². The fourth-order valence-corrected chi connectivity index (χ4v) is 4.70. The van der Waals surface area contributed by atoms with Crippen molar-refractivity contribution in [3.8, 4) is 0 Å². The van der Waals surface area contributed by atoms with Crippen LogP contribution in [0.2, 0.25) is 0 Å². The maximum atomic E-state index is 12.1. The highest BCUT2D eigenvalue weighted by atomic mass is 31.2. The normalized spacial score (nSPS) is 14.4. The molecule has 0 bridgehead atoms. The second-order valence-electron chi connectivity index (χ2n) is 11.4. The second kappa shape index (κ2) is 25.6. The quantitative estimate of drug-likeness (QED) is 0.0428. The number of aldehydes is 1. The molecule has 0 aliphatic heterocycles. The van der Waals surface area contributed by atoms with Crippen LogP contribution in [0.15, 0.2) is 0 Å². The molecule has 9 heteroatoms. The van der Waals surface area contributed by atoms with Gasteiger partial charge in [-0.05, 0) is 19.3 Å². The van der Waals surface area contributed by atoms with E-state index in [1.165, 1.54) is 77.0 Å². The molecular formula is C29H60NO7P. The van der Waals surface area contributed by atoms with Gasteiger partial charge in [0.2, 0.25) is 0 Å². The Bertz CT molecular complexity index is 572. The minimum Gasteiger partial charge on any atom is -0.756 e. The number of phosphoric ester groups is 1. The van der Waals surface area contributed by atoms with Gasteiger partial charge in [0, 0.05) is 19.6 Å². The summed E-state index contributed by atoms with van der Waals surface area (Å²) in [6, 6.07) is 0. The van der Waals surface area contributed by atoms with Gasteiger partial charge < -0.3 is 32.7 Å². The molecule has 0 heterocycles. The number of carbonyl (C=O) groups is 1. The third-order valence-corrected chi connectivity index (χ3v) is 7.41. The first-order valence-corrected chi connectivity index (χ1v) is 16.7. The Labute approximate surface area is 234 Å². The van der Waals surface area contributed by atoms with Crippen molar-refractivity contribution in [1.82, 2.24) is 0 Å². The van der Waals surface area contributed by atoms with Gasteiger partial charge in [-0.3, -0.25) is 4.57 Å². The highest BCUT2D eigenvalue weighted by Crippen LogP contribution is 2.38. The van der Waals surface area contributed by atoms with Crippen molar-refractivity contribution < 1.29 is 37.3 Å². The molecule has 2 unspecified atom stereocenters. The van der Waals surface area contributed by atoms with E-state index < -0.39 is 13.9 Å². The van der Waals surface area contributed by atoms with Crippen molar-refractivity contribution in [3.05, 3.63) is 0 Å². The molecule has 2 atom stereocenters. The summed E-state index contributed by atoms with van der Waals surface area (Å²) < 4.78 is 34.3. The average molecular weight is 566 g/mol. The lowest BCUT2D eigenvalue weighted by Crippen LogP contribution is -2.37. The van der Waals surface area contributed by atoms with Crippen LogP contribution in [0.1, 0.15) is 116 Å². The first kappa shape index (κ1) is 37.7. The van der Waals surface area contributed by atoms with Crippen LogP contribution in [-0.4, -0.2) is 77.6 Å². The molecule has 0 rings (SSSR count). The molecule has 0 amide bonds. The summed E-state index contributed by atoms with van der Waals surface area (Å²) in [7, 11) is 1.49. The monoisotopic (exact) mass is 565 g/mol. The number of phosphoric acid groups is 1. The minimum atomic E-state index is -4.40. The molecular weight excluding hydrogens is 505 g/mol. The van der Waals surface area contributed by atoms with Crippen molar-refractivity contribution in [2.45, 2.75) is 122 Å². The predicted octanol–water partition coefficient (Wildman–Crippen LogP) is 6.45. The number of quaternary nitrogens is 1. The maximum Gasteiger partial charge on any atom is 0.268 e. The van der Waals surface area contributed by atoms with Gasteiger partial charge in [-0.2, -0.15) is 0 Å². The lowest BCUT2D eigenvalue weighted by molar-refractivity contribution is -0.870.